The van der Waals surface area contributed by atoms with Crippen LogP contribution in [-0.2, 0) is 6.42 Å². The number of carboxylic acids is 1. The molecule has 0 aliphatic carbocycles. The maximum atomic E-state index is 13.2. The minimum absolute atomic E-state index is 0.00193. The van der Waals surface area contributed by atoms with E-state index in [0.29, 0.717) is 23.5 Å². The van der Waals surface area contributed by atoms with Gasteiger partial charge in [0.05, 0.1) is 5.01 Å². The maximum absolute atomic E-state index is 13.2. The van der Waals surface area contributed by atoms with Crippen molar-refractivity contribution < 1.29 is 19.1 Å². The Morgan fingerprint density at radius 1 is 1.38 bits per heavy atom. The number of nitrogens with zero attached hydrogens (tertiary/aromatic N) is 1. The Hall–Kier alpha value is -2.28. The molecule has 0 saturated heterocycles. The minimum atomic E-state index is -1.07. The summed E-state index contributed by atoms with van der Waals surface area (Å²) in [5.41, 5.74) is 0.936. The zero-order valence-corrected chi connectivity index (χ0v) is 12.0. The molecule has 0 aliphatic heterocycles. The number of hydrogen-bond donors (Lipinski definition) is 2. The van der Waals surface area contributed by atoms with E-state index >= 15 is 0 Å². The molecule has 1 amide bonds. The summed E-state index contributed by atoms with van der Waals surface area (Å²) in [5, 5.41) is 13.5. The van der Waals surface area contributed by atoms with Gasteiger partial charge in [-0.05, 0) is 30.7 Å². The van der Waals surface area contributed by atoms with Gasteiger partial charge in [-0.2, -0.15) is 0 Å². The molecule has 0 bridgehead atoms. The van der Waals surface area contributed by atoms with Crippen molar-refractivity contribution in [3.8, 4) is 0 Å². The minimum Gasteiger partial charge on any atom is -0.476 e. The van der Waals surface area contributed by atoms with Gasteiger partial charge in [-0.15, -0.1) is 11.3 Å². The number of thiazole rings is 1. The van der Waals surface area contributed by atoms with Crippen molar-refractivity contribution in [2.24, 2.45) is 0 Å². The fraction of sp³-hybridized carbons (Fsp3) is 0.214. The van der Waals surface area contributed by atoms with E-state index in [1.54, 1.807) is 13.0 Å². The van der Waals surface area contributed by atoms with E-state index in [9.17, 15) is 14.0 Å². The van der Waals surface area contributed by atoms with Gasteiger partial charge in [0.15, 0.2) is 5.69 Å². The number of nitrogens with one attached hydrogen (secondary N) is 1. The maximum Gasteiger partial charge on any atom is 0.355 e. The highest BCUT2D eigenvalue weighted by Crippen LogP contribution is 2.11. The normalized spacial score (nSPS) is 10.4. The van der Waals surface area contributed by atoms with Crippen LogP contribution in [0.15, 0.2) is 23.6 Å². The molecule has 0 atom stereocenters. The van der Waals surface area contributed by atoms with Crippen LogP contribution >= 0.6 is 11.3 Å². The molecular weight excluding hydrogens is 295 g/mol. The van der Waals surface area contributed by atoms with Crippen molar-refractivity contribution >= 4 is 23.2 Å². The number of carbonyl (C=O) groups excluding carboxylic acids is 1. The molecule has 0 unspecified atom stereocenters. The number of carboxylic acid groups (broad SMARTS) is 1. The number of hydrogen-bond acceptors (Lipinski definition) is 4. The summed E-state index contributed by atoms with van der Waals surface area (Å²) in [4.78, 5) is 26.5. The van der Waals surface area contributed by atoms with Gasteiger partial charge in [0.25, 0.3) is 5.91 Å². The second kappa shape index (κ2) is 6.45. The van der Waals surface area contributed by atoms with E-state index < -0.39 is 11.8 Å². The third-order valence-electron chi connectivity index (χ3n) is 2.70. The van der Waals surface area contributed by atoms with Gasteiger partial charge in [0, 0.05) is 23.9 Å². The van der Waals surface area contributed by atoms with Gasteiger partial charge in [0.1, 0.15) is 5.82 Å². The van der Waals surface area contributed by atoms with Gasteiger partial charge in [-0.25, -0.2) is 14.2 Å². The predicted molar refractivity (Wildman–Crippen MR) is 76.2 cm³/mol. The van der Waals surface area contributed by atoms with Crippen LogP contribution in [-0.4, -0.2) is 28.5 Å². The van der Waals surface area contributed by atoms with Gasteiger partial charge in [-0.3, -0.25) is 4.79 Å². The van der Waals surface area contributed by atoms with Gasteiger partial charge in [0.2, 0.25) is 0 Å². The lowest BCUT2D eigenvalue weighted by molar-refractivity contribution is 0.0690. The lowest BCUT2D eigenvalue weighted by atomic mass is 10.1. The summed E-state index contributed by atoms with van der Waals surface area (Å²) in [6, 6.07) is 4.12. The number of carbonyl (C=O) groups is 2. The van der Waals surface area contributed by atoms with Gasteiger partial charge >= 0.3 is 5.97 Å². The Bertz CT molecular complexity index is 664. The van der Waals surface area contributed by atoms with Crippen LogP contribution in [0.2, 0.25) is 0 Å². The van der Waals surface area contributed by atoms with Crippen LogP contribution < -0.4 is 5.32 Å². The molecule has 2 aromatic rings. The lowest BCUT2D eigenvalue weighted by Gasteiger charge is -2.05. The molecule has 1 aromatic heterocycles. The Morgan fingerprint density at radius 3 is 2.76 bits per heavy atom. The van der Waals surface area contributed by atoms with Crippen molar-refractivity contribution in [2.45, 2.75) is 13.3 Å². The fourth-order valence-electron chi connectivity index (χ4n) is 1.78. The number of aromatic nitrogens is 1. The summed E-state index contributed by atoms with van der Waals surface area (Å²) < 4.78 is 13.2. The molecule has 2 rings (SSSR count). The molecule has 2 N–H and O–H groups in total. The summed E-state index contributed by atoms with van der Waals surface area (Å²) in [7, 11) is 0. The van der Waals surface area contributed by atoms with E-state index in [1.165, 1.54) is 28.8 Å². The van der Waals surface area contributed by atoms with Crippen LogP contribution in [0.25, 0.3) is 0 Å². The predicted octanol–water partition coefficient (Wildman–Crippen LogP) is 2.26. The first-order valence-electron chi connectivity index (χ1n) is 6.19. The van der Waals surface area contributed by atoms with Crippen molar-refractivity contribution in [1.29, 1.82) is 0 Å². The zero-order chi connectivity index (χ0) is 15.4. The van der Waals surface area contributed by atoms with Crippen molar-refractivity contribution in [2.75, 3.05) is 6.54 Å². The molecule has 7 heteroatoms. The summed E-state index contributed by atoms with van der Waals surface area (Å²) in [6.07, 6.45) is 0.429. The molecule has 1 aromatic carbocycles. The third-order valence-corrected chi connectivity index (χ3v) is 3.61. The standard InChI is InChI=1S/C14H13FN2O3S/c1-8-4-9(6-10(15)5-8)13(18)16-3-2-12-17-11(7-21-12)14(19)20/h4-7H,2-3H2,1H3,(H,16,18)(H,19,20). The number of amides is 1. The third kappa shape index (κ3) is 4.09. The summed E-state index contributed by atoms with van der Waals surface area (Å²) in [6.45, 7) is 2.02. The first-order valence-corrected chi connectivity index (χ1v) is 7.07. The molecule has 0 fully saturated rings. The smallest absolute Gasteiger partial charge is 0.355 e. The van der Waals surface area contributed by atoms with E-state index in [2.05, 4.69) is 10.3 Å². The van der Waals surface area contributed by atoms with Crippen LogP contribution in [0.1, 0.15) is 31.4 Å². The largest absolute Gasteiger partial charge is 0.476 e. The SMILES string of the molecule is Cc1cc(F)cc(C(=O)NCCc2nc(C(=O)O)cs2)c1. The van der Waals surface area contributed by atoms with Crippen LogP contribution in [0, 0.1) is 12.7 Å². The Morgan fingerprint density at radius 2 is 2.14 bits per heavy atom. The second-order valence-corrected chi connectivity index (χ2v) is 5.40. The van der Waals surface area contributed by atoms with Gasteiger partial charge in [-0.1, -0.05) is 0 Å². The quantitative estimate of drug-likeness (QED) is 0.888. The Kier molecular flexibility index (Phi) is 4.64. The highest BCUT2D eigenvalue weighted by Gasteiger charge is 2.10. The molecule has 0 spiro atoms. The highest BCUT2D eigenvalue weighted by atomic mass is 32.1. The Labute approximate surface area is 124 Å². The molecule has 0 radical (unpaired) electrons. The first-order chi connectivity index (χ1) is 9.95. The number of halogens is 1. The zero-order valence-electron chi connectivity index (χ0n) is 11.2. The average Bonchev–Trinajstić information content (AvgIpc) is 2.86. The second-order valence-electron chi connectivity index (χ2n) is 4.45. The molecule has 0 saturated carbocycles. The van der Waals surface area contributed by atoms with Crippen LogP contribution in [0.4, 0.5) is 4.39 Å². The topological polar surface area (TPSA) is 79.3 Å². The van der Waals surface area contributed by atoms with E-state index in [4.69, 9.17) is 5.11 Å². The summed E-state index contributed by atoms with van der Waals surface area (Å²) in [5.74, 6) is -1.89. The molecule has 1 heterocycles. The highest BCUT2D eigenvalue weighted by molar-refractivity contribution is 7.09. The lowest BCUT2D eigenvalue weighted by Crippen LogP contribution is -2.25. The molecule has 0 aliphatic rings. The Balaban J connectivity index is 1.90. The molecule has 5 nitrogen and oxygen atoms in total. The fourth-order valence-corrected chi connectivity index (χ4v) is 2.55. The number of aryl methyl sites for hydroxylation is 1. The van der Waals surface area contributed by atoms with Crippen molar-refractivity contribution in [3.63, 3.8) is 0 Å². The number of aromatic carboxylic acids is 1. The molecule has 21 heavy (non-hydrogen) atoms. The summed E-state index contributed by atoms with van der Waals surface area (Å²) >= 11 is 1.23. The van der Waals surface area contributed by atoms with E-state index in [0.717, 1.165) is 0 Å². The van der Waals surface area contributed by atoms with Crippen LogP contribution in [0.3, 0.4) is 0 Å². The average molecular weight is 308 g/mol. The molecular formula is C14H13FN2O3S. The number of rotatable bonds is 5. The van der Waals surface area contributed by atoms with E-state index in [-0.39, 0.29) is 17.2 Å². The van der Waals surface area contributed by atoms with Gasteiger partial charge < -0.3 is 10.4 Å². The van der Waals surface area contributed by atoms with Crippen molar-refractivity contribution in [1.82, 2.24) is 10.3 Å². The first kappa shape index (κ1) is 15.1. The van der Waals surface area contributed by atoms with Crippen molar-refractivity contribution in [3.05, 3.63) is 51.2 Å². The molecule has 110 valence electrons. The number of benzene rings is 1. The van der Waals surface area contributed by atoms with E-state index in [1.807, 2.05) is 0 Å². The van der Waals surface area contributed by atoms with Crippen LogP contribution in [0.5, 0.6) is 0 Å². The monoisotopic (exact) mass is 308 g/mol.